The molecule has 0 saturated carbocycles. The number of hydrogen-bond acceptors (Lipinski definition) is 3. The van der Waals surface area contributed by atoms with Crippen LogP contribution in [0.2, 0.25) is 0 Å². The van der Waals surface area contributed by atoms with Gasteiger partial charge in [0.1, 0.15) is 0 Å². The molecule has 1 aliphatic rings. The third-order valence-electron chi connectivity index (χ3n) is 4.40. The van der Waals surface area contributed by atoms with E-state index in [1.165, 1.54) is 5.56 Å². The molecule has 3 rings (SSSR count). The van der Waals surface area contributed by atoms with Gasteiger partial charge in [0.05, 0.1) is 5.75 Å². The van der Waals surface area contributed by atoms with Crippen LogP contribution >= 0.6 is 12.2 Å². The smallest absolute Gasteiger partial charge is 0.218 e. The van der Waals surface area contributed by atoms with Gasteiger partial charge in [-0.1, -0.05) is 60.7 Å². The van der Waals surface area contributed by atoms with Gasteiger partial charge in [0.25, 0.3) is 0 Å². The van der Waals surface area contributed by atoms with Crippen LogP contribution in [0.4, 0.5) is 0 Å². The van der Waals surface area contributed by atoms with Crippen LogP contribution in [-0.2, 0) is 22.3 Å². The lowest BCUT2D eigenvalue weighted by molar-refractivity contribution is 0.263. The van der Waals surface area contributed by atoms with Crippen molar-refractivity contribution in [1.29, 1.82) is 0 Å². The van der Waals surface area contributed by atoms with Gasteiger partial charge in [-0.25, -0.2) is 8.42 Å². The number of piperazine rings is 1. The van der Waals surface area contributed by atoms with Crippen molar-refractivity contribution in [3.8, 4) is 0 Å². The molecule has 1 saturated heterocycles. The van der Waals surface area contributed by atoms with Crippen LogP contribution in [0.3, 0.4) is 0 Å². The molecule has 5 nitrogen and oxygen atoms in total. The molecule has 2 aromatic rings. The van der Waals surface area contributed by atoms with E-state index in [4.69, 9.17) is 12.2 Å². The van der Waals surface area contributed by atoms with Crippen molar-refractivity contribution in [2.24, 2.45) is 0 Å². The lowest BCUT2D eigenvalue weighted by Gasteiger charge is -2.35. The summed E-state index contributed by atoms with van der Waals surface area (Å²) in [5, 5.41) is 3.93. The molecule has 1 fully saturated rings. The minimum atomic E-state index is -3.30. The molecule has 0 spiro atoms. The zero-order valence-corrected chi connectivity index (χ0v) is 16.2. The molecule has 0 radical (unpaired) electrons. The first-order valence-corrected chi connectivity index (χ1v) is 10.6. The maximum absolute atomic E-state index is 12.6. The molecule has 0 unspecified atom stereocenters. The molecule has 0 amide bonds. The molecule has 0 aliphatic carbocycles. The first-order chi connectivity index (χ1) is 12.5. The topological polar surface area (TPSA) is 52.7 Å². The van der Waals surface area contributed by atoms with E-state index in [1.807, 2.05) is 65.6 Å². The number of thiocarbonyl (C=S) groups is 1. The van der Waals surface area contributed by atoms with E-state index in [1.54, 1.807) is 4.31 Å². The lowest BCUT2D eigenvalue weighted by atomic mass is 10.2. The van der Waals surface area contributed by atoms with E-state index in [0.717, 1.165) is 5.56 Å². The first kappa shape index (κ1) is 18.8. The van der Waals surface area contributed by atoms with E-state index in [0.29, 0.717) is 37.8 Å². The standard InChI is InChI=1S/C19H23N3O2S2/c23-26(24,16-18-9-5-2-6-10-18)22-13-11-21(12-14-22)19(25)20-15-17-7-3-1-4-8-17/h1-10H,11-16H2,(H,20,25). The van der Waals surface area contributed by atoms with Crippen LogP contribution in [0, 0.1) is 0 Å². The normalized spacial score (nSPS) is 15.6. The molecule has 0 bridgehead atoms. The fourth-order valence-electron chi connectivity index (χ4n) is 2.93. The summed E-state index contributed by atoms with van der Waals surface area (Å²) in [6.45, 7) is 2.81. The van der Waals surface area contributed by atoms with Crippen molar-refractivity contribution >= 4 is 27.4 Å². The van der Waals surface area contributed by atoms with E-state index >= 15 is 0 Å². The summed E-state index contributed by atoms with van der Waals surface area (Å²) in [6, 6.07) is 19.4. The Hall–Kier alpha value is -1.96. The van der Waals surface area contributed by atoms with Crippen LogP contribution in [0.5, 0.6) is 0 Å². The second kappa shape index (κ2) is 8.62. The number of hydrogen-bond donors (Lipinski definition) is 1. The van der Waals surface area contributed by atoms with Gasteiger partial charge in [0.2, 0.25) is 10.0 Å². The van der Waals surface area contributed by atoms with Gasteiger partial charge in [0.15, 0.2) is 5.11 Å². The van der Waals surface area contributed by atoms with Gasteiger partial charge in [0, 0.05) is 32.7 Å². The van der Waals surface area contributed by atoms with E-state index in [9.17, 15) is 8.42 Å². The van der Waals surface area contributed by atoms with Crippen LogP contribution < -0.4 is 5.32 Å². The maximum atomic E-state index is 12.6. The van der Waals surface area contributed by atoms with E-state index < -0.39 is 10.0 Å². The molecule has 1 aliphatic heterocycles. The fourth-order valence-corrected chi connectivity index (χ4v) is 4.70. The summed E-state index contributed by atoms with van der Waals surface area (Å²) < 4.78 is 26.8. The van der Waals surface area contributed by atoms with Crippen molar-refractivity contribution in [2.75, 3.05) is 26.2 Å². The Kier molecular flexibility index (Phi) is 6.24. The highest BCUT2D eigenvalue weighted by molar-refractivity contribution is 7.88. The Bertz CT molecular complexity index is 818. The molecular weight excluding hydrogens is 366 g/mol. The summed E-state index contributed by atoms with van der Waals surface area (Å²) in [5.74, 6) is 0.0462. The molecule has 1 heterocycles. The van der Waals surface area contributed by atoms with Crippen molar-refractivity contribution in [2.45, 2.75) is 12.3 Å². The number of nitrogens with zero attached hydrogens (tertiary/aromatic N) is 2. The lowest BCUT2D eigenvalue weighted by Crippen LogP contribution is -2.53. The van der Waals surface area contributed by atoms with Gasteiger partial charge in [-0.2, -0.15) is 4.31 Å². The highest BCUT2D eigenvalue weighted by Gasteiger charge is 2.27. The number of sulfonamides is 1. The largest absolute Gasteiger partial charge is 0.358 e. The third-order valence-corrected chi connectivity index (χ3v) is 6.65. The number of rotatable bonds is 5. The Balaban J connectivity index is 1.49. The molecular formula is C19H23N3O2S2. The SMILES string of the molecule is O=S(=O)(Cc1ccccc1)N1CCN(C(=S)NCc2ccccc2)CC1. The Labute approximate surface area is 160 Å². The maximum Gasteiger partial charge on any atom is 0.218 e. The molecule has 7 heteroatoms. The highest BCUT2D eigenvalue weighted by Crippen LogP contribution is 2.14. The Morgan fingerprint density at radius 2 is 1.42 bits per heavy atom. The van der Waals surface area contributed by atoms with Crippen molar-refractivity contribution in [3.63, 3.8) is 0 Å². The third kappa shape index (κ3) is 5.03. The minimum absolute atomic E-state index is 0.0462. The second-order valence-corrected chi connectivity index (χ2v) is 8.63. The zero-order chi connectivity index (χ0) is 18.4. The summed E-state index contributed by atoms with van der Waals surface area (Å²) in [4.78, 5) is 2.03. The van der Waals surface area contributed by atoms with E-state index in [-0.39, 0.29) is 5.75 Å². The van der Waals surface area contributed by atoms with Crippen molar-refractivity contribution in [3.05, 3.63) is 71.8 Å². The highest BCUT2D eigenvalue weighted by atomic mass is 32.2. The Morgan fingerprint density at radius 3 is 2.00 bits per heavy atom. The van der Waals surface area contributed by atoms with Gasteiger partial charge >= 0.3 is 0 Å². The molecule has 2 aromatic carbocycles. The summed E-state index contributed by atoms with van der Waals surface area (Å²) in [5.41, 5.74) is 1.98. The van der Waals surface area contributed by atoms with Crippen LogP contribution in [0.1, 0.15) is 11.1 Å². The van der Waals surface area contributed by atoms with Gasteiger partial charge < -0.3 is 10.2 Å². The van der Waals surface area contributed by atoms with Gasteiger partial charge in [-0.3, -0.25) is 0 Å². The number of nitrogens with one attached hydrogen (secondary N) is 1. The average Bonchev–Trinajstić information content (AvgIpc) is 2.67. The van der Waals surface area contributed by atoms with Crippen LogP contribution in [-0.4, -0.2) is 48.9 Å². The molecule has 0 aromatic heterocycles. The Morgan fingerprint density at radius 1 is 0.885 bits per heavy atom. The number of benzene rings is 2. The van der Waals surface area contributed by atoms with Crippen LogP contribution in [0.15, 0.2) is 60.7 Å². The summed E-state index contributed by atoms with van der Waals surface area (Å²) in [7, 11) is -3.30. The van der Waals surface area contributed by atoms with Crippen molar-refractivity contribution in [1.82, 2.24) is 14.5 Å². The molecule has 26 heavy (non-hydrogen) atoms. The monoisotopic (exact) mass is 389 g/mol. The first-order valence-electron chi connectivity index (χ1n) is 8.63. The molecule has 0 atom stereocenters. The average molecular weight is 390 g/mol. The molecule has 138 valence electrons. The second-order valence-electron chi connectivity index (χ2n) is 6.27. The van der Waals surface area contributed by atoms with E-state index in [2.05, 4.69) is 5.32 Å². The zero-order valence-electron chi connectivity index (χ0n) is 14.5. The summed E-state index contributed by atoms with van der Waals surface area (Å²) >= 11 is 5.46. The predicted molar refractivity (Wildman–Crippen MR) is 108 cm³/mol. The summed E-state index contributed by atoms with van der Waals surface area (Å²) in [6.07, 6.45) is 0. The minimum Gasteiger partial charge on any atom is -0.358 e. The predicted octanol–water partition coefficient (Wildman–Crippen LogP) is 2.21. The van der Waals surface area contributed by atoms with Gasteiger partial charge in [-0.05, 0) is 23.3 Å². The van der Waals surface area contributed by atoms with Gasteiger partial charge in [-0.15, -0.1) is 0 Å². The molecule has 1 N–H and O–H groups in total. The van der Waals surface area contributed by atoms with Crippen LogP contribution in [0.25, 0.3) is 0 Å². The van der Waals surface area contributed by atoms with Crippen molar-refractivity contribution < 1.29 is 8.42 Å². The fraction of sp³-hybridized carbons (Fsp3) is 0.316. The quantitative estimate of drug-likeness (QED) is 0.795.